The van der Waals surface area contributed by atoms with Crippen LogP contribution in [0.3, 0.4) is 0 Å². The molecule has 0 amide bonds. The van der Waals surface area contributed by atoms with Crippen molar-refractivity contribution in [3.05, 3.63) is 42.2 Å². The Hall–Kier alpha value is -3.47. The number of halogens is 1. The molecular weight excluding hydrogens is 451 g/mol. The van der Waals surface area contributed by atoms with Gasteiger partial charge in [0.05, 0.1) is 36.4 Å². The first-order valence-electron chi connectivity index (χ1n) is 9.96. The fourth-order valence-corrected chi connectivity index (χ4v) is 4.72. The minimum Gasteiger partial charge on any atom is -0.495 e. The Balaban J connectivity index is 1.98. The van der Waals surface area contributed by atoms with E-state index in [1.54, 1.807) is 38.2 Å². The van der Waals surface area contributed by atoms with Gasteiger partial charge in [-0.25, -0.2) is 17.8 Å². The van der Waals surface area contributed by atoms with Crippen molar-refractivity contribution >= 4 is 15.5 Å². The van der Waals surface area contributed by atoms with E-state index in [2.05, 4.69) is 15.1 Å². The van der Waals surface area contributed by atoms with Crippen molar-refractivity contribution in [1.29, 1.82) is 0 Å². The molecule has 0 N–H and O–H groups in total. The number of imidazole rings is 1. The summed E-state index contributed by atoms with van der Waals surface area (Å²) < 4.78 is 57.7. The summed E-state index contributed by atoms with van der Waals surface area (Å²) in [6.45, 7) is 6.48. The number of hydrogen-bond acceptors (Lipinski definition) is 8. The third-order valence-electron chi connectivity index (χ3n) is 5.19. The summed E-state index contributed by atoms with van der Waals surface area (Å²) in [6.07, 6.45) is 2.96. The third kappa shape index (κ3) is 3.71. The van der Waals surface area contributed by atoms with Gasteiger partial charge in [-0.15, -0.1) is 0 Å². The van der Waals surface area contributed by atoms with Crippen LogP contribution in [-0.4, -0.2) is 46.9 Å². The van der Waals surface area contributed by atoms with Gasteiger partial charge in [-0.3, -0.25) is 4.40 Å². The second kappa shape index (κ2) is 7.84. The first-order valence-corrected chi connectivity index (χ1v) is 11.4. The van der Waals surface area contributed by atoms with Gasteiger partial charge in [0.15, 0.2) is 27.2 Å². The molecule has 0 saturated heterocycles. The summed E-state index contributed by atoms with van der Waals surface area (Å²) in [5.74, 6) is -0.0355. The lowest BCUT2D eigenvalue weighted by Crippen LogP contribution is -2.28. The van der Waals surface area contributed by atoms with E-state index in [9.17, 15) is 12.8 Å². The topological polar surface area (TPSA) is 109 Å². The number of ether oxygens (including phenoxy) is 2. The molecule has 0 bridgehead atoms. The van der Waals surface area contributed by atoms with Gasteiger partial charge in [-0.2, -0.15) is 4.98 Å². The molecule has 4 rings (SSSR count). The molecule has 0 aliphatic rings. The maximum absolute atomic E-state index is 15.0. The second-order valence-corrected chi connectivity index (χ2v) is 11.1. The largest absolute Gasteiger partial charge is 0.495 e. The number of sulfone groups is 1. The fraction of sp³-hybridized carbons (Fsp3) is 0.318. The average molecular weight is 475 g/mol. The molecule has 0 fully saturated rings. The Kier molecular flexibility index (Phi) is 5.39. The summed E-state index contributed by atoms with van der Waals surface area (Å²) >= 11 is 0. The lowest BCUT2D eigenvalue weighted by molar-refractivity contribution is 0.381. The number of pyridine rings is 1. The van der Waals surface area contributed by atoms with E-state index in [0.29, 0.717) is 22.7 Å². The quantitative estimate of drug-likeness (QED) is 0.426. The monoisotopic (exact) mass is 474 g/mol. The highest BCUT2D eigenvalue weighted by molar-refractivity contribution is 7.92. The van der Waals surface area contributed by atoms with Crippen LogP contribution in [0.15, 0.2) is 40.0 Å². The number of aryl methyl sites for hydroxylation is 1. The SMILES string of the molecule is COc1cc2ncc(-c3cc(F)c(OC)c(-c4nc(C)no4)c3)n2cc1S(=O)(=O)C(C)(C)C. The second-order valence-electron chi connectivity index (χ2n) is 8.38. The van der Waals surface area contributed by atoms with Crippen LogP contribution in [0.5, 0.6) is 11.5 Å². The number of nitrogens with zero attached hydrogens (tertiary/aromatic N) is 4. The molecule has 33 heavy (non-hydrogen) atoms. The lowest BCUT2D eigenvalue weighted by Gasteiger charge is -2.21. The Morgan fingerprint density at radius 2 is 1.85 bits per heavy atom. The van der Waals surface area contributed by atoms with E-state index >= 15 is 0 Å². The zero-order chi connectivity index (χ0) is 24.1. The van der Waals surface area contributed by atoms with E-state index in [1.807, 2.05) is 0 Å². The van der Waals surface area contributed by atoms with Crippen LogP contribution in [-0.2, 0) is 9.84 Å². The van der Waals surface area contributed by atoms with E-state index < -0.39 is 20.4 Å². The molecule has 0 atom stereocenters. The van der Waals surface area contributed by atoms with Crippen LogP contribution in [0.25, 0.3) is 28.4 Å². The fourth-order valence-electron chi connectivity index (χ4n) is 3.41. The van der Waals surface area contributed by atoms with Crippen LogP contribution in [0, 0.1) is 12.7 Å². The molecule has 0 aliphatic heterocycles. The highest BCUT2D eigenvalue weighted by atomic mass is 32.2. The molecule has 3 heterocycles. The zero-order valence-corrected chi connectivity index (χ0v) is 19.8. The van der Waals surface area contributed by atoms with Gasteiger partial charge in [0.1, 0.15) is 16.3 Å². The molecule has 0 unspecified atom stereocenters. The van der Waals surface area contributed by atoms with Gasteiger partial charge in [0, 0.05) is 17.8 Å². The summed E-state index contributed by atoms with van der Waals surface area (Å²) in [5.41, 5.74) is 1.56. The summed E-state index contributed by atoms with van der Waals surface area (Å²) in [6, 6.07) is 4.43. The maximum Gasteiger partial charge on any atom is 0.261 e. The average Bonchev–Trinajstić information content (AvgIpc) is 3.37. The molecule has 0 aliphatic carbocycles. The van der Waals surface area contributed by atoms with Crippen LogP contribution >= 0.6 is 0 Å². The maximum atomic E-state index is 15.0. The summed E-state index contributed by atoms with van der Waals surface area (Å²) in [5, 5.41) is 3.76. The van der Waals surface area contributed by atoms with Crippen molar-refractivity contribution in [2.24, 2.45) is 0 Å². The highest BCUT2D eigenvalue weighted by Crippen LogP contribution is 2.38. The Labute approximate surface area is 190 Å². The predicted molar refractivity (Wildman–Crippen MR) is 119 cm³/mol. The Bertz CT molecular complexity index is 1470. The number of benzene rings is 1. The number of methoxy groups -OCH3 is 2. The molecule has 3 aromatic heterocycles. The van der Waals surface area contributed by atoms with Crippen LogP contribution < -0.4 is 9.47 Å². The molecule has 0 saturated carbocycles. The van der Waals surface area contributed by atoms with Crippen LogP contribution in [0.4, 0.5) is 4.39 Å². The van der Waals surface area contributed by atoms with Crippen molar-refractivity contribution < 1.29 is 26.8 Å². The molecule has 9 nitrogen and oxygen atoms in total. The van der Waals surface area contributed by atoms with Gasteiger partial charge in [-0.1, -0.05) is 5.16 Å². The zero-order valence-electron chi connectivity index (χ0n) is 19.0. The molecule has 0 spiro atoms. The van der Waals surface area contributed by atoms with Crippen LogP contribution in [0.1, 0.15) is 26.6 Å². The van der Waals surface area contributed by atoms with Gasteiger partial charge in [0.25, 0.3) is 5.89 Å². The smallest absolute Gasteiger partial charge is 0.261 e. The van der Waals surface area contributed by atoms with Crippen molar-refractivity contribution in [1.82, 2.24) is 19.5 Å². The van der Waals surface area contributed by atoms with Gasteiger partial charge < -0.3 is 14.0 Å². The number of rotatable bonds is 5. The van der Waals surface area contributed by atoms with Gasteiger partial charge in [0.2, 0.25) is 0 Å². The number of hydrogen-bond donors (Lipinski definition) is 0. The minimum atomic E-state index is -3.76. The van der Waals surface area contributed by atoms with E-state index in [4.69, 9.17) is 14.0 Å². The predicted octanol–water partition coefficient (Wildman–Crippen LogP) is 4.09. The molecule has 174 valence electrons. The van der Waals surface area contributed by atoms with Crippen molar-refractivity contribution in [2.75, 3.05) is 14.2 Å². The molecule has 0 radical (unpaired) electrons. The normalized spacial score (nSPS) is 12.3. The van der Waals surface area contributed by atoms with Crippen molar-refractivity contribution in [3.8, 4) is 34.2 Å². The van der Waals surface area contributed by atoms with E-state index in [1.165, 1.54) is 38.7 Å². The van der Waals surface area contributed by atoms with Gasteiger partial charge in [-0.05, 0) is 39.8 Å². The molecular formula is C22H23FN4O5S. The van der Waals surface area contributed by atoms with E-state index in [0.717, 1.165) is 0 Å². The molecule has 4 aromatic rings. The Morgan fingerprint density at radius 1 is 1.12 bits per heavy atom. The van der Waals surface area contributed by atoms with Crippen molar-refractivity contribution in [3.63, 3.8) is 0 Å². The first kappa shape index (κ1) is 22.7. The molecule has 11 heteroatoms. The third-order valence-corrected chi connectivity index (χ3v) is 7.69. The highest BCUT2D eigenvalue weighted by Gasteiger charge is 2.34. The lowest BCUT2D eigenvalue weighted by atomic mass is 10.1. The first-order chi connectivity index (χ1) is 15.5. The summed E-state index contributed by atoms with van der Waals surface area (Å²) in [4.78, 5) is 8.53. The van der Waals surface area contributed by atoms with Gasteiger partial charge >= 0.3 is 0 Å². The minimum absolute atomic E-state index is 0.00554. The standard InChI is InChI=1S/C22H23FN4O5S/c1-12-25-21(32-26-12)14-7-13(8-15(23)20(14)31-6)16-10-24-19-9-17(30-5)18(11-27(16)19)33(28,29)22(2,3)4/h7-11H,1-6H3. The number of fused-ring (bicyclic) bond motifs is 1. The van der Waals surface area contributed by atoms with Crippen LogP contribution in [0.2, 0.25) is 0 Å². The summed E-state index contributed by atoms with van der Waals surface area (Å²) in [7, 11) is -1.02. The number of aromatic nitrogens is 4. The van der Waals surface area contributed by atoms with E-state index in [-0.39, 0.29) is 27.8 Å². The van der Waals surface area contributed by atoms with Crippen molar-refractivity contribution in [2.45, 2.75) is 37.3 Å². The molecule has 1 aromatic carbocycles. The Morgan fingerprint density at radius 3 is 2.42 bits per heavy atom.